The maximum absolute atomic E-state index is 0. The Balaban J connectivity index is 0. The van der Waals surface area contributed by atoms with Gasteiger partial charge in [0.05, 0.1) is 0 Å². The second-order valence-corrected chi connectivity index (χ2v) is 0. The van der Waals surface area contributed by atoms with Gasteiger partial charge in [0, 0.05) is 0 Å². The predicted molar refractivity (Wildman–Crippen MR) is 15.4 cm³/mol. The summed E-state index contributed by atoms with van der Waals surface area (Å²) < 4.78 is 0. The molecule has 0 amide bonds. The molecule has 0 aromatic carbocycles. The van der Waals surface area contributed by atoms with Crippen molar-refractivity contribution in [2.24, 2.45) is 0 Å². The smallest absolute Gasteiger partial charge is 1.00 e. The van der Waals surface area contributed by atoms with Gasteiger partial charge in [0.15, 0.2) is 0 Å². The molecule has 0 aliphatic rings. The predicted octanol–water partition coefficient (Wildman–Crippen LogP) is -8.37. The monoisotopic (exact) mass is 221 g/mol. The summed E-state index contributed by atoms with van der Waals surface area (Å²) in [5.41, 5.74) is 0. The van der Waals surface area contributed by atoms with Crippen LogP contribution in [-0.2, 0) is 0 Å². The van der Waals surface area contributed by atoms with Gasteiger partial charge in [0.25, 0.3) is 0 Å². The van der Waals surface area contributed by atoms with Crippen molar-refractivity contribution >= 4 is 24.0 Å². The summed E-state index contributed by atoms with van der Waals surface area (Å²) in [5, 5.41) is 0. The van der Waals surface area contributed by atoms with Gasteiger partial charge in [0.2, 0.25) is 0 Å². The van der Waals surface area contributed by atoms with Crippen molar-refractivity contribution < 1.29 is 54.4 Å². The molecule has 0 atom stereocenters. The van der Waals surface area contributed by atoms with Crippen molar-refractivity contribution in [2.45, 2.75) is 0 Å². The van der Waals surface area contributed by atoms with Gasteiger partial charge in [0.1, 0.15) is 0 Å². The Morgan fingerprint density at radius 1 is 0.750 bits per heavy atom. The molecular formula is HCl2INa-. The van der Waals surface area contributed by atoms with Gasteiger partial charge in [-0.3, -0.25) is 0 Å². The zero-order valence-corrected chi connectivity index (χ0v) is 8.01. The topological polar surface area (TPSA) is 0 Å². The van der Waals surface area contributed by atoms with E-state index >= 15 is 0 Å². The molecule has 24 valence electrons. The van der Waals surface area contributed by atoms with Crippen LogP contribution in [0.2, 0.25) is 0 Å². The number of hydrogen-bond donors (Lipinski definition) is 0. The van der Waals surface area contributed by atoms with Gasteiger partial charge < -0.3 is 24.8 Å². The van der Waals surface area contributed by atoms with Crippen molar-refractivity contribution in [3.8, 4) is 0 Å². The quantitative estimate of drug-likeness (QED) is 0.282. The van der Waals surface area contributed by atoms with E-state index in [4.69, 9.17) is 0 Å². The van der Waals surface area contributed by atoms with Crippen molar-refractivity contribution in [2.75, 3.05) is 0 Å². The first-order valence-corrected chi connectivity index (χ1v) is 0. The summed E-state index contributed by atoms with van der Waals surface area (Å²) in [6.07, 6.45) is 0. The zero-order valence-electron chi connectivity index (χ0n) is 2.16. The normalized spacial score (nSPS) is 0. The average Bonchev–Trinajstić information content (AvgIpc) is 0. The van der Waals surface area contributed by atoms with Crippen LogP contribution in [-0.4, -0.2) is 0 Å². The molecule has 0 heterocycles. The fourth-order valence-corrected chi connectivity index (χ4v) is 0. The summed E-state index contributed by atoms with van der Waals surface area (Å²) in [4.78, 5) is 0. The molecule has 0 bridgehead atoms. The second kappa shape index (κ2) is 18.5. The first-order valence-electron chi connectivity index (χ1n) is 0. The third-order valence-corrected chi connectivity index (χ3v) is 0. The van der Waals surface area contributed by atoms with E-state index in [0.29, 0.717) is 0 Å². The van der Waals surface area contributed by atoms with Crippen LogP contribution >= 0.6 is 24.0 Å². The van der Waals surface area contributed by atoms with Crippen LogP contribution < -0.4 is 54.4 Å². The van der Waals surface area contributed by atoms with Gasteiger partial charge in [-0.1, -0.05) is 0 Å². The maximum atomic E-state index is 0. The fraction of sp³-hybridized carbons (Fsp3) is 0. The molecule has 0 saturated heterocycles. The Bertz CT molecular complexity index is 6.00. The summed E-state index contributed by atoms with van der Waals surface area (Å²) in [7, 11) is 0. The minimum atomic E-state index is 0. The number of hydrogen-bond acceptors (Lipinski definition) is 0. The Morgan fingerprint density at radius 2 is 0.750 bits per heavy atom. The van der Waals surface area contributed by atoms with Gasteiger partial charge in [-0.25, -0.2) is 0 Å². The molecule has 0 aromatic rings. The Hall–Kier alpha value is 2.31. The molecule has 0 fully saturated rings. The zero-order chi connectivity index (χ0) is 0. The average molecular weight is 222 g/mol. The molecular weight excluding hydrogens is 221 g/mol. The molecule has 0 N–H and O–H groups in total. The van der Waals surface area contributed by atoms with Crippen molar-refractivity contribution in [1.82, 2.24) is 0 Å². The summed E-state index contributed by atoms with van der Waals surface area (Å²) in [5.74, 6) is 0. The Labute approximate surface area is 77.2 Å². The van der Waals surface area contributed by atoms with Crippen LogP contribution in [0.3, 0.4) is 0 Å². The number of halogens is 3. The minimum Gasteiger partial charge on any atom is -1.00 e. The van der Waals surface area contributed by atoms with E-state index in [1.54, 1.807) is 0 Å². The van der Waals surface area contributed by atoms with E-state index in [1.165, 1.54) is 0 Å². The minimum absolute atomic E-state index is 0. The molecule has 0 unspecified atom stereocenters. The van der Waals surface area contributed by atoms with Crippen LogP contribution in [0.15, 0.2) is 0 Å². The number of rotatable bonds is 0. The summed E-state index contributed by atoms with van der Waals surface area (Å²) in [6.45, 7) is 0. The second-order valence-electron chi connectivity index (χ2n) is 0. The maximum Gasteiger partial charge on any atom is 1.00 e. The fourth-order valence-electron chi connectivity index (χ4n) is 0. The molecule has 0 saturated carbocycles. The largest absolute Gasteiger partial charge is 1.00 e. The van der Waals surface area contributed by atoms with Gasteiger partial charge in [-0.2, -0.15) is 0 Å². The molecule has 0 spiro atoms. The van der Waals surface area contributed by atoms with Gasteiger partial charge >= 0.3 is 29.6 Å². The van der Waals surface area contributed by atoms with E-state index < -0.39 is 0 Å². The van der Waals surface area contributed by atoms with Crippen molar-refractivity contribution in [1.29, 1.82) is 0 Å². The third kappa shape index (κ3) is 8.85. The molecule has 0 aliphatic heterocycles. The van der Waals surface area contributed by atoms with Crippen LogP contribution in [0.5, 0.6) is 0 Å². The summed E-state index contributed by atoms with van der Waals surface area (Å²) >= 11 is 0. The van der Waals surface area contributed by atoms with Crippen molar-refractivity contribution in [3.63, 3.8) is 0 Å². The third-order valence-electron chi connectivity index (χ3n) is 0. The first-order chi connectivity index (χ1) is 0. The molecule has 0 radical (unpaired) electrons. The first kappa shape index (κ1) is 33.3. The molecule has 0 nitrogen and oxygen atoms in total. The standard InChI is InChI=1S/2ClH.HI.Na/h3*1H;/q;;;+1/p-2. The molecule has 4 heavy (non-hydrogen) atoms. The van der Waals surface area contributed by atoms with E-state index in [9.17, 15) is 0 Å². The summed E-state index contributed by atoms with van der Waals surface area (Å²) in [6, 6.07) is 0. The molecule has 4 heteroatoms. The van der Waals surface area contributed by atoms with Crippen LogP contribution in [0.1, 0.15) is 0 Å². The molecule has 0 aromatic heterocycles. The Kier molecular flexibility index (Phi) is 154. The Morgan fingerprint density at radius 3 is 0.750 bits per heavy atom. The molecule has 0 aliphatic carbocycles. The van der Waals surface area contributed by atoms with Crippen molar-refractivity contribution in [3.05, 3.63) is 0 Å². The van der Waals surface area contributed by atoms with Crippen LogP contribution in [0.25, 0.3) is 0 Å². The van der Waals surface area contributed by atoms with Gasteiger partial charge in [-0.15, -0.1) is 24.0 Å². The van der Waals surface area contributed by atoms with E-state index in [1.807, 2.05) is 0 Å². The van der Waals surface area contributed by atoms with Crippen LogP contribution in [0, 0.1) is 0 Å². The van der Waals surface area contributed by atoms with E-state index in [0.717, 1.165) is 0 Å². The van der Waals surface area contributed by atoms with E-state index in [2.05, 4.69) is 0 Å². The van der Waals surface area contributed by atoms with Crippen LogP contribution in [0.4, 0.5) is 0 Å². The SMILES string of the molecule is I.[Cl-].[Cl-].[Na+]. The van der Waals surface area contributed by atoms with Gasteiger partial charge in [-0.05, 0) is 0 Å². The van der Waals surface area contributed by atoms with E-state index in [-0.39, 0.29) is 78.3 Å². The molecule has 0 rings (SSSR count).